The van der Waals surface area contributed by atoms with E-state index in [0.717, 1.165) is 24.3 Å². The quantitative estimate of drug-likeness (QED) is 0.762. The highest BCUT2D eigenvalue weighted by Crippen LogP contribution is 2.35. The van der Waals surface area contributed by atoms with Crippen molar-refractivity contribution in [3.05, 3.63) is 23.3 Å². The third kappa shape index (κ3) is 2.06. The Bertz CT molecular complexity index is 352. The van der Waals surface area contributed by atoms with Crippen LogP contribution in [0.1, 0.15) is 18.1 Å². The number of benzene rings is 1. The van der Waals surface area contributed by atoms with Gasteiger partial charge in [0.1, 0.15) is 0 Å². The highest BCUT2D eigenvalue weighted by Gasteiger charge is 2.16. The maximum absolute atomic E-state index is 5.32. The first-order valence-corrected chi connectivity index (χ1v) is 5.08. The van der Waals surface area contributed by atoms with Gasteiger partial charge in [0, 0.05) is 0 Å². The molecule has 0 fully saturated rings. The van der Waals surface area contributed by atoms with Crippen molar-refractivity contribution in [3.8, 4) is 11.5 Å². The average molecular weight is 209 g/mol. The first kappa shape index (κ1) is 10.3. The Morgan fingerprint density at radius 3 is 2.53 bits per heavy atom. The molecule has 0 amide bonds. The molecule has 1 aliphatic rings. The number of hydrogen-bond acceptors (Lipinski definition) is 4. The molecule has 0 spiro atoms. The summed E-state index contributed by atoms with van der Waals surface area (Å²) in [5, 5.41) is 0. The predicted octanol–water partition coefficient (Wildman–Crippen LogP) is 1.41. The third-order valence-corrected chi connectivity index (χ3v) is 2.56. The van der Waals surface area contributed by atoms with Crippen LogP contribution in [-0.4, -0.2) is 13.4 Å². The van der Waals surface area contributed by atoms with E-state index in [-0.39, 0.29) is 0 Å². The molecule has 0 radical (unpaired) electrons. The van der Waals surface area contributed by atoms with Gasteiger partial charge in [-0.2, -0.15) is 0 Å². The van der Waals surface area contributed by atoms with Crippen molar-refractivity contribution in [2.75, 3.05) is 13.4 Å². The molecule has 0 bridgehead atoms. The van der Waals surface area contributed by atoms with Gasteiger partial charge in [-0.25, -0.2) is 5.90 Å². The van der Waals surface area contributed by atoms with Crippen LogP contribution in [0.15, 0.2) is 12.1 Å². The van der Waals surface area contributed by atoms with E-state index >= 15 is 0 Å². The van der Waals surface area contributed by atoms with Crippen molar-refractivity contribution in [1.29, 1.82) is 0 Å². The highest BCUT2D eigenvalue weighted by atomic mass is 16.7. The molecule has 1 aromatic carbocycles. The molecular weight excluding hydrogens is 194 g/mol. The molecular formula is C11H15NO3. The van der Waals surface area contributed by atoms with Crippen LogP contribution in [0.3, 0.4) is 0 Å². The van der Waals surface area contributed by atoms with Gasteiger partial charge in [0.2, 0.25) is 6.79 Å². The van der Waals surface area contributed by atoms with Gasteiger partial charge in [-0.1, -0.05) is 6.92 Å². The summed E-state index contributed by atoms with van der Waals surface area (Å²) in [5.41, 5.74) is 2.48. The van der Waals surface area contributed by atoms with E-state index in [4.69, 9.17) is 15.4 Å². The van der Waals surface area contributed by atoms with Crippen molar-refractivity contribution < 1.29 is 14.3 Å². The van der Waals surface area contributed by atoms with Crippen LogP contribution in [0, 0.1) is 0 Å². The second-order valence-corrected chi connectivity index (χ2v) is 3.45. The van der Waals surface area contributed by atoms with Crippen molar-refractivity contribution in [2.24, 2.45) is 5.90 Å². The summed E-state index contributed by atoms with van der Waals surface area (Å²) in [7, 11) is 0. The van der Waals surface area contributed by atoms with E-state index < -0.39 is 0 Å². The van der Waals surface area contributed by atoms with Gasteiger partial charge in [-0.3, -0.25) is 0 Å². The van der Waals surface area contributed by atoms with Crippen LogP contribution in [0.5, 0.6) is 11.5 Å². The molecule has 0 atom stereocenters. The molecule has 15 heavy (non-hydrogen) atoms. The van der Waals surface area contributed by atoms with Crippen molar-refractivity contribution in [1.82, 2.24) is 0 Å². The molecule has 1 aliphatic heterocycles. The van der Waals surface area contributed by atoms with Crippen molar-refractivity contribution >= 4 is 0 Å². The Kier molecular flexibility index (Phi) is 3.08. The Hall–Kier alpha value is -1.26. The number of rotatable bonds is 4. The first-order chi connectivity index (χ1) is 7.35. The van der Waals surface area contributed by atoms with E-state index in [1.807, 2.05) is 12.1 Å². The van der Waals surface area contributed by atoms with Crippen LogP contribution >= 0.6 is 0 Å². The van der Waals surface area contributed by atoms with Crippen LogP contribution in [0.4, 0.5) is 0 Å². The molecule has 2 N–H and O–H groups in total. The zero-order chi connectivity index (χ0) is 10.7. The van der Waals surface area contributed by atoms with Crippen LogP contribution in [0.25, 0.3) is 0 Å². The van der Waals surface area contributed by atoms with Crippen LogP contribution in [0.2, 0.25) is 0 Å². The molecule has 0 saturated heterocycles. The largest absolute Gasteiger partial charge is 0.454 e. The minimum Gasteiger partial charge on any atom is -0.454 e. The number of nitrogens with two attached hydrogens (primary N) is 1. The van der Waals surface area contributed by atoms with Gasteiger partial charge in [0.05, 0.1) is 6.61 Å². The maximum atomic E-state index is 5.32. The van der Waals surface area contributed by atoms with E-state index in [0.29, 0.717) is 13.4 Å². The van der Waals surface area contributed by atoms with Crippen molar-refractivity contribution in [3.63, 3.8) is 0 Å². The molecule has 4 nitrogen and oxygen atoms in total. The normalized spacial score (nSPS) is 13.2. The summed E-state index contributed by atoms with van der Waals surface area (Å²) >= 11 is 0. The summed E-state index contributed by atoms with van der Waals surface area (Å²) in [4.78, 5) is 4.59. The molecule has 0 aliphatic carbocycles. The van der Waals surface area contributed by atoms with Gasteiger partial charge in [-0.15, -0.1) is 0 Å². The molecule has 82 valence electrons. The summed E-state index contributed by atoms with van der Waals surface area (Å²) in [6, 6.07) is 4.05. The van der Waals surface area contributed by atoms with E-state index in [1.165, 1.54) is 11.1 Å². The number of hydrogen-bond donors (Lipinski definition) is 1. The Morgan fingerprint density at radius 2 is 1.93 bits per heavy atom. The lowest BCUT2D eigenvalue weighted by Gasteiger charge is -2.08. The van der Waals surface area contributed by atoms with Gasteiger partial charge in [0.25, 0.3) is 0 Å². The van der Waals surface area contributed by atoms with Crippen LogP contribution in [-0.2, 0) is 17.7 Å². The van der Waals surface area contributed by atoms with E-state index in [2.05, 4.69) is 11.8 Å². The Labute approximate surface area is 88.9 Å². The van der Waals surface area contributed by atoms with Gasteiger partial charge >= 0.3 is 0 Å². The topological polar surface area (TPSA) is 53.7 Å². The van der Waals surface area contributed by atoms with Crippen molar-refractivity contribution in [2.45, 2.75) is 19.8 Å². The molecule has 0 aromatic heterocycles. The first-order valence-electron chi connectivity index (χ1n) is 5.08. The second kappa shape index (κ2) is 4.51. The standard InChI is InChI=1S/C11H15NO3/c1-2-8-5-10-11(14-7-13-10)6-9(8)3-4-15-12/h5-6H,2-4,7,12H2,1H3. The molecule has 2 rings (SSSR count). The molecule has 0 saturated carbocycles. The fraction of sp³-hybridized carbons (Fsp3) is 0.455. The molecule has 4 heteroatoms. The van der Waals surface area contributed by atoms with E-state index in [9.17, 15) is 0 Å². The SMILES string of the molecule is CCc1cc2c(cc1CCON)OCO2. The lowest BCUT2D eigenvalue weighted by atomic mass is 10.0. The molecule has 1 heterocycles. The Morgan fingerprint density at radius 1 is 1.27 bits per heavy atom. The smallest absolute Gasteiger partial charge is 0.231 e. The fourth-order valence-corrected chi connectivity index (χ4v) is 1.76. The van der Waals surface area contributed by atoms with Gasteiger partial charge in [0.15, 0.2) is 11.5 Å². The highest BCUT2D eigenvalue weighted by molar-refractivity contribution is 5.48. The third-order valence-electron chi connectivity index (χ3n) is 2.56. The second-order valence-electron chi connectivity index (χ2n) is 3.45. The molecule has 1 aromatic rings. The number of fused-ring (bicyclic) bond motifs is 1. The zero-order valence-electron chi connectivity index (χ0n) is 8.79. The predicted molar refractivity (Wildman–Crippen MR) is 55.8 cm³/mol. The average Bonchev–Trinajstić information content (AvgIpc) is 2.71. The van der Waals surface area contributed by atoms with Crippen LogP contribution < -0.4 is 15.4 Å². The lowest BCUT2D eigenvalue weighted by Crippen LogP contribution is -2.05. The summed E-state index contributed by atoms with van der Waals surface area (Å²) in [5.74, 6) is 6.68. The van der Waals surface area contributed by atoms with E-state index in [1.54, 1.807) is 0 Å². The minimum absolute atomic E-state index is 0.315. The zero-order valence-corrected chi connectivity index (χ0v) is 8.79. The lowest BCUT2D eigenvalue weighted by molar-refractivity contribution is 0.141. The summed E-state index contributed by atoms with van der Waals surface area (Å²) in [6.45, 7) is 2.95. The maximum Gasteiger partial charge on any atom is 0.231 e. The number of aryl methyl sites for hydroxylation is 1. The Balaban J connectivity index is 2.27. The van der Waals surface area contributed by atoms with Gasteiger partial charge < -0.3 is 14.3 Å². The number of ether oxygens (including phenoxy) is 2. The van der Waals surface area contributed by atoms with Gasteiger partial charge in [-0.05, 0) is 36.1 Å². The minimum atomic E-state index is 0.315. The summed E-state index contributed by atoms with van der Waals surface area (Å²) < 4.78 is 10.6. The summed E-state index contributed by atoms with van der Waals surface area (Å²) in [6.07, 6.45) is 1.77. The fourth-order valence-electron chi connectivity index (χ4n) is 1.76. The monoisotopic (exact) mass is 209 g/mol. The molecule has 0 unspecified atom stereocenters.